The average molecular weight is 324 g/mol. The first-order chi connectivity index (χ1) is 11.2. The van der Waals surface area contributed by atoms with Crippen molar-refractivity contribution in [1.82, 2.24) is 0 Å². The molecule has 0 unspecified atom stereocenters. The maximum atomic E-state index is 11.5. The first kappa shape index (κ1) is 17.8. The van der Waals surface area contributed by atoms with E-state index in [4.69, 9.17) is 4.74 Å². The Kier molecular flexibility index (Phi) is 5.13. The van der Waals surface area contributed by atoms with Gasteiger partial charge in [0.1, 0.15) is 11.5 Å². The van der Waals surface area contributed by atoms with E-state index >= 15 is 0 Å². The van der Waals surface area contributed by atoms with Crippen LogP contribution in [0.3, 0.4) is 0 Å². The number of para-hydroxylation sites is 1. The third-order valence-electron chi connectivity index (χ3n) is 3.87. The molecule has 0 aliphatic rings. The number of carbonyl (C=O) groups excluding carboxylic acids is 1. The van der Waals surface area contributed by atoms with Gasteiger partial charge in [0.05, 0.1) is 0 Å². The predicted octanol–water partition coefficient (Wildman–Crippen LogP) is 4.68. The van der Waals surface area contributed by atoms with Crippen LogP contribution in [0.25, 0.3) is 0 Å². The van der Waals surface area contributed by atoms with Crippen LogP contribution in [0.15, 0.2) is 49.1 Å². The van der Waals surface area contributed by atoms with Crippen LogP contribution in [0, 0.1) is 6.92 Å². The standard InChI is InChI=1S/C21H24O3/c1-6-19(22)24-18-10-8-7-9-15(18)13-16-11-14(2)12-17(20(16)23)21(3,4)5/h6-12,23H,1,13H2,2-5H3. The summed E-state index contributed by atoms with van der Waals surface area (Å²) in [5.41, 5.74) is 3.52. The zero-order valence-electron chi connectivity index (χ0n) is 14.7. The van der Waals surface area contributed by atoms with E-state index < -0.39 is 5.97 Å². The molecule has 0 saturated heterocycles. The van der Waals surface area contributed by atoms with Crippen molar-refractivity contribution < 1.29 is 14.6 Å². The highest BCUT2D eigenvalue weighted by Gasteiger charge is 2.21. The molecular formula is C21H24O3. The van der Waals surface area contributed by atoms with E-state index in [1.165, 1.54) is 0 Å². The second-order valence-corrected chi connectivity index (χ2v) is 6.98. The number of ether oxygens (including phenoxy) is 1. The van der Waals surface area contributed by atoms with Gasteiger partial charge in [0.15, 0.2) is 0 Å². The summed E-state index contributed by atoms with van der Waals surface area (Å²) in [6.45, 7) is 11.7. The summed E-state index contributed by atoms with van der Waals surface area (Å²) in [6, 6.07) is 11.3. The first-order valence-corrected chi connectivity index (χ1v) is 7.97. The number of phenolic OH excluding ortho intramolecular Hbond substituents is 1. The van der Waals surface area contributed by atoms with Gasteiger partial charge in [-0.15, -0.1) is 0 Å². The van der Waals surface area contributed by atoms with Crippen LogP contribution in [0.5, 0.6) is 11.5 Å². The number of phenols is 1. The Labute approximate surface area is 143 Å². The van der Waals surface area contributed by atoms with Crippen molar-refractivity contribution in [2.24, 2.45) is 0 Å². The Hall–Kier alpha value is -2.55. The van der Waals surface area contributed by atoms with Gasteiger partial charge in [0, 0.05) is 12.5 Å². The van der Waals surface area contributed by atoms with Crippen molar-refractivity contribution in [3.05, 3.63) is 71.3 Å². The second kappa shape index (κ2) is 6.91. The van der Waals surface area contributed by atoms with E-state index in [9.17, 15) is 9.90 Å². The third kappa shape index (κ3) is 4.05. The Morgan fingerprint density at radius 1 is 1.21 bits per heavy atom. The molecule has 0 heterocycles. The Morgan fingerprint density at radius 2 is 1.88 bits per heavy atom. The molecule has 2 aromatic rings. The molecule has 2 rings (SSSR count). The van der Waals surface area contributed by atoms with E-state index in [2.05, 4.69) is 27.4 Å². The van der Waals surface area contributed by atoms with Crippen LogP contribution >= 0.6 is 0 Å². The quantitative estimate of drug-likeness (QED) is 0.504. The van der Waals surface area contributed by atoms with Crippen LogP contribution in [0.4, 0.5) is 0 Å². The number of aromatic hydroxyl groups is 1. The van der Waals surface area contributed by atoms with E-state index in [0.29, 0.717) is 17.9 Å². The lowest BCUT2D eigenvalue weighted by molar-refractivity contribution is -0.129. The van der Waals surface area contributed by atoms with Gasteiger partial charge in [0.25, 0.3) is 0 Å². The van der Waals surface area contributed by atoms with E-state index in [1.807, 2.05) is 37.3 Å². The van der Waals surface area contributed by atoms with Crippen LogP contribution < -0.4 is 4.74 Å². The molecule has 24 heavy (non-hydrogen) atoms. The van der Waals surface area contributed by atoms with Gasteiger partial charge in [-0.3, -0.25) is 0 Å². The lowest BCUT2D eigenvalue weighted by atomic mass is 9.83. The molecule has 3 nitrogen and oxygen atoms in total. The molecule has 1 N–H and O–H groups in total. The summed E-state index contributed by atoms with van der Waals surface area (Å²) >= 11 is 0. The zero-order chi connectivity index (χ0) is 17.9. The van der Waals surface area contributed by atoms with Crippen molar-refractivity contribution >= 4 is 5.97 Å². The minimum atomic E-state index is -0.494. The maximum Gasteiger partial charge on any atom is 0.335 e. The van der Waals surface area contributed by atoms with Gasteiger partial charge in [-0.2, -0.15) is 0 Å². The van der Waals surface area contributed by atoms with Crippen molar-refractivity contribution in [3.8, 4) is 11.5 Å². The third-order valence-corrected chi connectivity index (χ3v) is 3.87. The minimum absolute atomic E-state index is 0.153. The Balaban J connectivity index is 2.44. The highest BCUT2D eigenvalue weighted by Crippen LogP contribution is 2.36. The van der Waals surface area contributed by atoms with E-state index in [0.717, 1.165) is 28.3 Å². The fourth-order valence-corrected chi connectivity index (χ4v) is 2.66. The van der Waals surface area contributed by atoms with Gasteiger partial charge in [-0.25, -0.2) is 4.79 Å². The molecule has 0 atom stereocenters. The molecule has 0 spiro atoms. The molecule has 3 heteroatoms. The summed E-state index contributed by atoms with van der Waals surface area (Å²) < 4.78 is 5.30. The smallest absolute Gasteiger partial charge is 0.335 e. The summed E-state index contributed by atoms with van der Waals surface area (Å²) in [6.07, 6.45) is 1.62. The van der Waals surface area contributed by atoms with Gasteiger partial charge in [-0.05, 0) is 35.1 Å². The minimum Gasteiger partial charge on any atom is -0.507 e. The SMILES string of the molecule is C=CC(=O)Oc1ccccc1Cc1cc(C)cc(C(C)(C)C)c1O. The molecule has 0 bridgehead atoms. The molecule has 0 radical (unpaired) electrons. The molecule has 0 amide bonds. The highest BCUT2D eigenvalue weighted by atomic mass is 16.5. The molecule has 0 saturated carbocycles. The monoisotopic (exact) mass is 324 g/mol. The Bertz CT molecular complexity index is 767. The van der Waals surface area contributed by atoms with E-state index in [-0.39, 0.29) is 5.41 Å². The van der Waals surface area contributed by atoms with Crippen molar-refractivity contribution in [1.29, 1.82) is 0 Å². The molecule has 0 fully saturated rings. The topological polar surface area (TPSA) is 46.5 Å². The maximum absolute atomic E-state index is 11.5. The number of aryl methyl sites for hydroxylation is 1. The number of carbonyl (C=O) groups is 1. The van der Waals surface area contributed by atoms with Gasteiger partial charge >= 0.3 is 5.97 Å². The predicted molar refractivity (Wildman–Crippen MR) is 96.6 cm³/mol. The summed E-state index contributed by atoms with van der Waals surface area (Å²) in [4.78, 5) is 11.5. The van der Waals surface area contributed by atoms with Gasteiger partial charge in [0.2, 0.25) is 0 Å². The molecule has 126 valence electrons. The molecule has 0 aliphatic heterocycles. The van der Waals surface area contributed by atoms with Gasteiger partial charge < -0.3 is 9.84 Å². The number of rotatable bonds is 4. The lowest BCUT2D eigenvalue weighted by Gasteiger charge is -2.23. The van der Waals surface area contributed by atoms with E-state index in [1.54, 1.807) is 6.07 Å². The summed E-state index contributed by atoms with van der Waals surface area (Å²) in [7, 11) is 0. The normalized spacial score (nSPS) is 11.2. The van der Waals surface area contributed by atoms with Crippen molar-refractivity contribution in [3.63, 3.8) is 0 Å². The van der Waals surface area contributed by atoms with Crippen LogP contribution in [-0.4, -0.2) is 11.1 Å². The largest absolute Gasteiger partial charge is 0.507 e. The average Bonchev–Trinajstić information content (AvgIpc) is 2.51. The zero-order valence-corrected chi connectivity index (χ0v) is 14.7. The fraction of sp³-hybridized carbons (Fsp3) is 0.286. The number of hydrogen-bond acceptors (Lipinski definition) is 3. The molecule has 0 aromatic heterocycles. The first-order valence-electron chi connectivity index (χ1n) is 7.97. The molecular weight excluding hydrogens is 300 g/mol. The van der Waals surface area contributed by atoms with Crippen LogP contribution in [0.2, 0.25) is 0 Å². The molecule has 0 aliphatic carbocycles. The highest BCUT2D eigenvalue weighted by molar-refractivity contribution is 5.83. The second-order valence-electron chi connectivity index (χ2n) is 6.98. The lowest BCUT2D eigenvalue weighted by Crippen LogP contribution is -2.13. The summed E-state index contributed by atoms with van der Waals surface area (Å²) in [5, 5.41) is 10.7. The van der Waals surface area contributed by atoms with Crippen LogP contribution in [0.1, 0.15) is 43.0 Å². The number of benzene rings is 2. The fourth-order valence-electron chi connectivity index (χ4n) is 2.66. The van der Waals surface area contributed by atoms with Crippen molar-refractivity contribution in [2.45, 2.75) is 39.5 Å². The van der Waals surface area contributed by atoms with Crippen LogP contribution in [-0.2, 0) is 16.6 Å². The summed E-state index contributed by atoms with van der Waals surface area (Å²) in [5.74, 6) is 0.296. The Morgan fingerprint density at radius 3 is 2.50 bits per heavy atom. The number of esters is 1. The van der Waals surface area contributed by atoms with Crippen molar-refractivity contribution in [2.75, 3.05) is 0 Å². The molecule has 2 aromatic carbocycles. The van der Waals surface area contributed by atoms with Gasteiger partial charge in [-0.1, -0.05) is 63.2 Å². The number of hydrogen-bond donors (Lipinski definition) is 1.